The summed E-state index contributed by atoms with van der Waals surface area (Å²) in [6.07, 6.45) is 1.27. The highest BCUT2D eigenvalue weighted by atomic mass is 35.5. The Labute approximate surface area is 124 Å². The lowest BCUT2D eigenvalue weighted by atomic mass is 10.3. The first-order chi connectivity index (χ1) is 9.81. The van der Waals surface area contributed by atoms with Crippen molar-refractivity contribution < 1.29 is 18.4 Å². The Morgan fingerprint density at radius 3 is 2.67 bits per heavy atom. The van der Waals surface area contributed by atoms with Crippen LogP contribution in [0.3, 0.4) is 0 Å². The molecule has 8 nitrogen and oxygen atoms in total. The molecule has 0 aliphatic heterocycles. The Balaban J connectivity index is 2.47. The lowest BCUT2D eigenvalue weighted by Gasteiger charge is -2.09. The summed E-state index contributed by atoms with van der Waals surface area (Å²) >= 11 is 5.77. The zero-order valence-corrected chi connectivity index (χ0v) is 11.8. The largest absolute Gasteiger partial charge is 0.504 e. The average molecular weight is 330 g/mol. The number of anilines is 1. The first-order valence-corrected chi connectivity index (χ1v) is 7.28. The maximum atomic E-state index is 12.2. The molecule has 0 saturated carbocycles. The van der Waals surface area contributed by atoms with Crippen LogP contribution in [0.25, 0.3) is 0 Å². The van der Waals surface area contributed by atoms with Gasteiger partial charge in [-0.05, 0) is 18.2 Å². The maximum absolute atomic E-state index is 12.2. The van der Waals surface area contributed by atoms with E-state index in [4.69, 9.17) is 11.6 Å². The number of nitro benzene ring substituents is 1. The molecule has 0 unspecified atom stereocenters. The summed E-state index contributed by atoms with van der Waals surface area (Å²) in [6.45, 7) is 0. The summed E-state index contributed by atoms with van der Waals surface area (Å²) in [5.74, 6) is -0.692. The number of hydrogen-bond donors (Lipinski definition) is 2. The number of non-ortho nitro benzene ring substituents is 1. The number of sulfonamides is 1. The fourth-order valence-corrected chi connectivity index (χ4v) is 3.01. The molecule has 0 aliphatic rings. The van der Waals surface area contributed by atoms with Crippen molar-refractivity contribution >= 4 is 33.1 Å². The first-order valence-electron chi connectivity index (χ1n) is 5.42. The number of aromatic nitrogens is 1. The zero-order valence-electron chi connectivity index (χ0n) is 10.2. The van der Waals surface area contributed by atoms with Crippen molar-refractivity contribution in [3.05, 3.63) is 51.7 Å². The van der Waals surface area contributed by atoms with E-state index in [1.54, 1.807) is 0 Å². The summed E-state index contributed by atoms with van der Waals surface area (Å²) in [5, 5.41) is 20.0. The van der Waals surface area contributed by atoms with Crippen molar-refractivity contribution in [3.8, 4) is 5.75 Å². The van der Waals surface area contributed by atoms with Crippen LogP contribution >= 0.6 is 11.6 Å². The second-order valence-electron chi connectivity index (χ2n) is 3.85. The van der Waals surface area contributed by atoms with E-state index in [1.165, 1.54) is 18.3 Å². The second kappa shape index (κ2) is 5.54. The van der Waals surface area contributed by atoms with Crippen LogP contribution in [0.5, 0.6) is 5.75 Å². The van der Waals surface area contributed by atoms with Gasteiger partial charge in [-0.2, -0.15) is 0 Å². The number of hydrogen-bond acceptors (Lipinski definition) is 6. The molecule has 0 atom stereocenters. The minimum atomic E-state index is -4.23. The Kier molecular flexibility index (Phi) is 3.96. The lowest BCUT2D eigenvalue weighted by Crippen LogP contribution is -2.14. The number of aromatic hydroxyl groups is 1. The fraction of sp³-hybridized carbons (Fsp3) is 0. The van der Waals surface area contributed by atoms with Crippen LogP contribution in [-0.4, -0.2) is 23.4 Å². The Bertz CT molecular complexity index is 809. The van der Waals surface area contributed by atoms with E-state index < -0.39 is 25.5 Å². The van der Waals surface area contributed by atoms with Crippen molar-refractivity contribution in [1.82, 2.24) is 4.98 Å². The molecule has 1 heterocycles. The molecule has 10 heteroatoms. The van der Waals surface area contributed by atoms with E-state index in [1.807, 2.05) is 4.72 Å². The van der Waals surface area contributed by atoms with Gasteiger partial charge in [-0.25, -0.2) is 13.4 Å². The van der Waals surface area contributed by atoms with Crippen LogP contribution in [0, 0.1) is 10.1 Å². The first kappa shape index (κ1) is 15.0. The van der Waals surface area contributed by atoms with Gasteiger partial charge >= 0.3 is 0 Å². The number of nitro groups is 1. The van der Waals surface area contributed by atoms with Crippen molar-refractivity contribution in [1.29, 1.82) is 0 Å². The number of nitrogens with zero attached hydrogens (tertiary/aromatic N) is 2. The standard InChI is InChI=1S/C11H8ClN3O5S/c12-8-4-3-7(15(17)18)6-10(8)21(19,20)14-11-9(16)2-1-5-13-11/h1-6,16H,(H,13,14). The molecule has 0 spiro atoms. The third kappa shape index (κ3) is 3.20. The Hall–Kier alpha value is -2.39. The predicted octanol–water partition coefficient (Wildman–Crippen LogP) is 2.15. The van der Waals surface area contributed by atoms with Gasteiger partial charge in [0.2, 0.25) is 0 Å². The van der Waals surface area contributed by atoms with Crippen LogP contribution < -0.4 is 4.72 Å². The maximum Gasteiger partial charge on any atom is 0.270 e. The lowest BCUT2D eigenvalue weighted by molar-refractivity contribution is -0.385. The van der Waals surface area contributed by atoms with Gasteiger partial charge in [0.25, 0.3) is 15.7 Å². The smallest absolute Gasteiger partial charge is 0.270 e. The molecule has 1 aromatic heterocycles. The molecule has 1 aromatic carbocycles. The van der Waals surface area contributed by atoms with E-state index in [0.29, 0.717) is 0 Å². The molecule has 0 amide bonds. The van der Waals surface area contributed by atoms with Crippen LogP contribution in [0.2, 0.25) is 5.02 Å². The van der Waals surface area contributed by atoms with Crippen molar-refractivity contribution in [2.24, 2.45) is 0 Å². The third-order valence-corrected chi connectivity index (χ3v) is 4.25. The van der Waals surface area contributed by atoms with Crippen molar-refractivity contribution in [2.45, 2.75) is 4.90 Å². The molecular weight excluding hydrogens is 322 g/mol. The number of pyridine rings is 1. The molecule has 0 fully saturated rings. The van der Waals surface area contributed by atoms with Gasteiger partial charge < -0.3 is 5.11 Å². The van der Waals surface area contributed by atoms with Crippen LogP contribution in [0.4, 0.5) is 11.5 Å². The molecule has 2 aromatic rings. The molecule has 0 saturated heterocycles. The predicted molar refractivity (Wildman–Crippen MR) is 74.8 cm³/mol. The normalized spacial score (nSPS) is 11.1. The Morgan fingerprint density at radius 2 is 2.05 bits per heavy atom. The summed E-state index contributed by atoms with van der Waals surface area (Å²) in [7, 11) is -4.23. The van der Waals surface area contributed by atoms with Gasteiger partial charge in [0.05, 0.1) is 9.95 Å². The monoisotopic (exact) mass is 329 g/mol. The average Bonchev–Trinajstić information content (AvgIpc) is 2.41. The van der Waals surface area contributed by atoms with Crippen LogP contribution in [0.1, 0.15) is 0 Å². The number of nitrogens with one attached hydrogen (secondary N) is 1. The van der Waals surface area contributed by atoms with Gasteiger partial charge in [-0.1, -0.05) is 11.6 Å². The van der Waals surface area contributed by atoms with Gasteiger partial charge in [0.15, 0.2) is 11.6 Å². The van der Waals surface area contributed by atoms with Crippen molar-refractivity contribution in [2.75, 3.05) is 4.72 Å². The summed E-state index contributed by atoms with van der Waals surface area (Å²) in [4.78, 5) is 13.1. The Morgan fingerprint density at radius 1 is 1.33 bits per heavy atom. The third-order valence-electron chi connectivity index (χ3n) is 2.43. The minimum absolute atomic E-state index is 0.191. The van der Waals surface area contributed by atoms with Gasteiger partial charge in [0.1, 0.15) is 4.90 Å². The number of benzene rings is 1. The molecule has 2 N–H and O–H groups in total. The second-order valence-corrected chi connectivity index (χ2v) is 5.91. The summed E-state index contributed by atoms with van der Waals surface area (Å²) in [6, 6.07) is 5.66. The molecule has 2 rings (SSSR count). The molecule has 0 radical (unpaired) electrons. The molecular formula is C11H8ClN3O5S. The van der Waals surface area contributed by atoms with Crippen molar-refractivity contribution in [3.63, 3.8) is 0 Å². The van der Waals surface area contributed by atoms with Crippen LogP contribution in [0.15, 0.2) is 41.4 Å². The topological polar surface area (TPSA) is 122 Å². The quantitative estimate of drug-likeness (QED) is 0.654. The fourth-order valence-electron chi connectivity index (χ4n) is 1.47. The highest BCUT2D eigenvalue weighted by molar-refractivity contribution is 7.92. The number of rotatable bonds is 4. The van der Waals surface area contributed by atoms with E-state index >= 15 is 0 Å². The molecule has 0 aliphatic carbocycles. The van der Waals surface area contributed by atoms with E-state index in [-0.39, 0.29) is 16.6 Å². The molecule has 110 valence electrons. The van der Waals surface area contributed by atoms with Crippen LogP contribution in [-0.2, 0) is 10.0 Å². The van der Waals surface area contributed by atoms with E-state index in [0.717, 1.165) is 18.2 Å². The molecule has 21 heavy (non-hydrogen) atoms. The van der Waals surface area contributed by atoms with Gasteiger partial charge in [0, 0.05) is 18.3 Å². The summed E-state index contributed by atoms with van der Waals surface area (Å²) in [5.41, 5.74) is -0.426. The highest BCUT2D eigenvalue weighted by Gasteiger charge is 2.23. The SMILES string of the molecule is O=[N+]([O-])c1ccc(Cl)c(S(=O)(=O)Nc2ncccc2O)c1. The highest BCUT2D eigenvalue weighted by Crippen LogP contribution is 2.29. The van der Waals surface area contributed by atoms with Gasteiger partial charge in [-0.3, -0.25) is 14.8 Å². The molecule has 0 bridgehead atoms. The van der Waals surface area contributed by atoms with Gasteiger partial charge in [-0.15, -0.1) is 0 Å². The minimum Gasteiger partial charge on any atom is -0.504 e. The summed E-state index contributed by atoms with van der Waals surface area (Å²) < 4.78 is 26.4. The van der Waals surface area contributed by atoms with E-state index in [9.17, 15) is 23.6 Å². The zero-order chi connectivity index (χ0) is 15.6. The number of halogens is 1. The van der Waals surface area contributed by atoms with E-state index in [2.05, 4.69) is 4.98 Å².